The maximum absolute atomic E-state index is 13.7. The summed E-state index contributed by atoms with van der Waals surface area (Å²) < 4.78 is 18.8. The zero-order chi connectivity index (χ0) is 14.6. The van der Waals surface area contributed by atoms with Gasteiger partial charge in [0.1, 0.15) is 11.4 Å². The van der Waals surface area contributed by atoms with Gasteiger partial charge >= 0.3 is 6.09 Å². The maximum atomic E-state index is 13.7. The van der Waals surface area contributed by atoms with E-state index in [0.717, 1.165) is 0 Å². The van der Waals surface area contributed by atoms with Crippen molar-refractivity contribution in [3.8, 4) is 0 Å². The fraction of sp³-hybridized carbons (Fsp3) is 0.500. The van der Waals surface area contributed by atoms with Gasteiger partial charge in [-0.15, -0.1) is 0 Å². The van der Waals surface area contributed by atoms with E-state index in [-0.39, 0.29) is 6.42 Å². The first-order valence-electron chi connectivity index (χ1n) is 6.14. The first kappa shape index (κ1) is 15.4. The average Bonchev–Trinajstić information content (AvgIpc) is 2.18. The van der Waals surface area contributed by atoms with Crippen LogP contribution in [-0.2, 0) is 11.2 Å². The van der Waals surface area contributed by atoms with Crippen LogP contribution in [0.25, 0.3) is 0 Å². The van der Waals surface area contributed by atoms with Crippen molar-refractivity contribution in [3.63, 3.8) is 0 Å². The van der Waals surface area contributed by atoms with Crippen molar-refractivity contribution in [1.82, 2.24) is 0 Å². The molecule has 0 spiro atoms. The molecule has 0 fully saturated rings. The van der Waals surface area contributed by atoms with Crippen molar-refractivity contribution in [2.75, 3.05) is 5.32 Å². The van der Waals surface area contributed by atoms with Crippen LogP contribution < -0.4 is 5.32 Å². The van der Waals surface area contributed by atoms with Crippen LogP contribution in [0.3, 0.4) is 0 Å². The van der Waals surface area contributed by atoms with E-state index in [2.05, 4.69) is 5.32 Å². The molecule has 0 saturated heterocycles. The lowest BCUT2D eigenvalue weighted by Gasteiger charge is -2.19. The van der Waals surface area contributed by atoms with Crippen LogP contribution in [-0.4, -0.2) is 22.9 Å². The molecule has 0 aliphatic carbocycles. The Balaban J connectivity index is 2.71. The molecular formula is C14H20FNO3. The van der Waals surface area contributed by atoms with E-state index in [4.69, 9.17) is 4.74 Å². The molecule has 1 aromatic carbocycles. The highest BCUT2D eigenvalue weighted by molar-refractivity contribution is 5.84. The zero-order valence-electron chi connectivity index (χ0n) is 11.7. The van der Waals surface area contributed by atoms with E-state index < -0.39 is 23.6 Å². The number of ether oxygens (including phenoxy) is 1. The topological polar surface area (TPSA) is 58.6 Å². The van der Waals surface area contributed by atoms with Crippen molar-refractivity contribution >= 4 is 11.8 Å². The standard InChI is InChI=1S/C14H20FNO3/c1-9(17)7-10-5-6-11(8-12(10)15)16-13(18)19-14(2,3)4/h5-6,8-9,17H,7H2,1-4H3,(H,16,18)/t9-/m0/s1. The molecular weight excluding hydrogens is 249 g/mol. The summed E-state index contributed by atoms with van der Waals surface area (Å²) in [6.07, 6.45) is -1.01. The van der Waals surface area contributed by atoms with Gasteiger partial charge < -0.3 is 9.84 Å². The van der Waals surface area contributed by atoms with Crippen LogP contribution in [0.15, 0.2) is 18.2 Å². The minimum atomic E-state index is -0.629. The Kier molecular flexibility index (Phi) is 4.89. The number of carbonyl (C=O) groups excluding carboxylic acids is 1. The first-order chi connectivity index (χ1) is 8.67. The van der Waals surface area contributed by atoms with Crippen LogP contribution in [0.1, 0.15) is 33.3 Å². The number of aliphatic hydroxyl groups is 1. The molecule has 0 aromatic heterocycles. The Labute approximate surface area is 112 Å². The second-order valence-corrected chi connectivity index (χ2v) is 5.49. The molecule has 106 valence electrons. The average molecular weight is 269 g/mol. The maximum Gasteiger partial charge on any atom is 0.412 e. The normalized spacial score (nSPS) is 12.9. The Morgan fingerprint density at radius 3 is 2.58 bits per heavy atom. The highest BCUT2D eigenvalue weighted by Crippen LogP contribution is 2.17. The van der Waals surface area contributed by atoms with Gasteiger partial charge in [0.2, 0.25) is 0 Å². The van der Waals surface area contributed by atoms with Crippen LogP contribution in [0.5, 0.6) is 0 Å². The fourth-order valence-corrected chi connectivity index (χ4v) is 1.53. The summed E-state index contributed by atoms with van der Waals surface area (Å²) in [7, 11) is 0. The molecule has 0 aliphatic rings. The monoisotopic (exact) mass is 269 g/mol. The molecule has 1 amide bonds. The Bertz CT molecular complexity index is 452. The largest absolute Gasteiger partial charge is 0.444 e. The number of rotatable bonds is 3. The van der Waals surface area contributed by atoms with Crippen LogP contribution >= 0.6 is 0 Å². The van der Waals surface area contributed by atoms with Crippen LogP contribution in [0.2, 0.25) is 0 Å². The lowest BCUT2D eigenvalue weighted by Crippen LogP contribution is -2.27. The fourth-order valence-electron chi connectivity index (χ4n) is 1.53. The Morgan fingerprint density at radius 1 is 1.47 bits per heavy atom. The molecule has 0 aliphatic heterocycles. The number of carbonyl (C=O) groups is 1. The second kappa shape index (κ2) is 6.02. The van der Waals surface area contributed by atoms with Crippen LogP contribution in [0, 0.1) is 5.82 Å². The summed E-state index contributed by atoms with van der Waals surface area (Å²) in [4.78, 5) is 11.5. The number of anilines is 1. The summed E-state index contributed by atoms with van der Waals surface area (Å²) in [6.45, 7) is 6.84. The molecule has 1 atom stereocenters. The van der Waals surface area contributed by atoms with Crippen molar-refractivity contribution in [2.24, 2.45) is 0 Å². The summed E-state index contributed by atoms with van der Waals surface area (Å²) >= 11 is 0. The van der Waals surface area contributed by atoms with Gasteiger partial charge in [0.15, 0.2) is 0 Å². The highest BCUT2D eigenvalue weighted by atomic mass is 19.1. The van der Waals surface area contributed by atoms with Crippen molar-refractivity contribution < 1.29 is 19.0 Å². The minimum Gasteiger partial charge on any atom is -0.444 e. The molecule has 0 saturated carbocycles. The van der Waals surface area contributed by atoms with Gasteiger partial charge in [-0.25, -0.2) is 9.18 Å². The number of amides is 1. The second-order valence-electron chi connectivity index (χ2n) is 5.49. The van der Waals surface area contributed by atoms with Gasteiger partial charge in [-0.1, -0.05) is 6.07 Å². The molecule has 0 bridgehead atoms. The Morgan fingerprint density at radius 2 is 2.11 bits per heavy atom. The number of hydrogen-bond donors (Lipinski definition) is 2. The lowest BCUT2D eigenvalue weighted by molar-refractivity contribution is 0.0636. The predicted octanol–water partition coefficient (Wildman–Crippen LogP) is 3.10. The minimum absolute atomic E-state index is 0.235. The summed E-state index contributed by atoms with van der Waals surface area (Å²) in [5.74, 6) is -0.463. The molecule has 1 aromatic rings. The van der Waals surface area contributed by atoms with Gasteiger partial charge in [0.05, 0.1) is 6.10 Å². The van der Waals surface area contributed by atoms with Gasteiger partial charge in [0.25, 0.3) is 0 Å². The third-order valence-corrected chi connectivity index (χ3v) is 2.21. The molecule has 0 radical (unpaired) electrons. The molecule has 4 nitrogen and oxygen atoms in total. The number of hydrogen-bond acceptors (Lipinski definition) is 3. The van der Waals surface area contributed by atoms with Gasteiger partial charge in [-0.3, -0.25) is 5.32 Å². The number of nitrogens with one attached hydrogen (secondary N) is 1. The van der Waals surface area contributed by atoms with Gasteiger partial charge in [-0.05, 0) is 45.4 Å². The predicted molar refractivity (Wildman–Crippen MR) is 71.6 cm³/mol. The quantitative estimate of drug-likeness (QED) is 0.886. The van der Waals surface area contributed by atoms with E-state index in [1.165, 1.54) is 12.1 Å². The smallest absolute Gasteiger partial charge is 0.412 e. The van der Waals surface area contributed by atoms with Gasteiger partial charge in [0, 0.05) is 12.1 Å². The number of benzene rings is 1. The number of aliphatic hydroxyl groups excluding tert-OH is 1. The molecule has 5 heteroatoms. The van der Waals surface area contributed by atoms with Crippen molar-refractivity contribution in [1.29, 1.82) is 0 Å². The van der Waals surface area contributed by atoms with E-state index in [0.29, 0.717) is 11.3 Å². The third-order valence-electron chi connectivity index (χ3n) is 2.21. The SMILES string of the molecule is C[C@H](O)Cc1ccc(NC(=O)OC(C)(C)C)cc1F. The van der Waals surface area contributed by atoms with Crippen molar-refractivity contribution in [3.05, 3.63) is 29.6 Å². The van der Waals surface area contributed by atoms with E-state index >= 15 is 0 Å². The first-order valence-corrected chi connectivity index (χ1v) is 6.14. The molecule has 2 N–H and O–H groups in total. The number of halogens is 1. The van der Waals surface area contributed by atoms with Crippen LogP contribution in [0.4, 0.5) is 14.9 Å². The van der Waals surface area contributed by atoms with Gasteiger partial charge in [-0.2, -0.15) is 0 Å². The van der Waals surface area contributed by atoms with E-state index in [9.17, 15) is 14.3 Å². The lowest BCUT2D eigenvalue weighted by atomic mass is 10.1. The molecule has 0 unspecified atom stereocenters. The van der Waals surface area contributed by atoms with E-state index in [1.807, 2.05) is 0 Å². The summed E-state index contributed by atoms with van der Waals surface area (Å²) in [5.41, 5.74) is 0.125. The highest BCUT2D eigenvalue weighted by Gasteiger charge is 2.16. The summed E-state index contributed by atoms with van der Waals surface area (Å²) in [6, 6.07) is 4.32. The molecule has 19 heavy (non-hydrogen) atoms. The zero-order valence-corrected chi connectivity index (χ0v) is 11.7. The van der Waals surface area contributed by atoms with E-state index in [1.54, 1.807) is 33.8 Å². The van der Waals surface area contributed by atoms with Crippen molar-refractivity contribution in [2.45, 2.75) is 45.8 Å². The Hall–Kier alpha value is -1.62. The third kappa shape index (κ3) is 5.70. The molecule has 0 heterocycles. The summed E-state index contributed by atoms with van der Waals surface area (Å²) in [5, 5.41) is 11.7. The molecule has 1 rings (SSSR count).